The summed E-state index contributed by atoms with van der Waals surface area (Å²) in [5.41, 5.74) is 6.22. The predicted molar refractivity (Wildman–Crippen MR) is 124 cm³/mol. The number of nitrogen functional groups attached to an aromatic ring is 1. The Labute approximate surface area is 205 Å². The van der Waals surface area contributed by atoms with E-state index in [2.05, 4.69) is 23.6 Å². The van der Waals surface area contributed by atoms with Crippen LogP contribution in [0, 0.1) is 0 Å². The second kappa shape index (κ2) is 11.4. The average Bonchev–Trinajstić information content (AvgIpc) is 3.28. The molecule has 0 aromatic carbocycles. The predicted octanol–water partition coefficient (Wildman–Crippen LogP) is 1.78. The van der Waals surface area contributed by atoms with Gasteiger partial charge in [-0.1, -0.05) is 21.6 Å². The van der Waals surface area contributed by atoms with Crippen molar-refractivity contribution in [2.24, 2.45) is 0 Å². The maximum absolute atomic E-state index is 12.1. The second-order valence-electron chi connectivity index (χ2n) is 6.84. The van der Waals surface area contributed by atoms with Gasteiger partial charge in [-0.15, -0.1) is 0 Å². The lowest BCUT2D eigenvalue weighted by Gasteiger charge is -2.23. The van der Waals surface area contributed by atoms with E-state index in [9.17, 15) is 23.5 Å². The Hall–Kier alpha value is -0.620. The molecule has 6 atom stereocenters. The van der Waals surface area contributed by atoms with E-state index in [-0.39, 0.29) is 17.7 Å². The fourth-order valence-electron chi connectivity index (χ4n) is 3.12. The molecular formula is C13H22N5O12P3S2. The highest BCUT2D eigenvalue weighted by molar-refractivity contribution is 8.76. The summed E-state index contributed by atoms with van der Waals surface area (Å²) >= 11 is 0. The molecule has 198 valence electrons. The molecule has 6 N–H and O–H groups in total. The minimum atomic E-state index is -5.65. The molecule has 0 bridgehead atoms. The molecule has 1 fully saturated rings. The largest absolute Gasteiger partial charge is 0.490 e. The molecule has 3 unspecified atom stereocenters. The van der Waals surface area contributed by atoms with Crippen LogP contribution in [0.3, 0.4) is 0 Å². The fraction of sp³-hybridized carbons (Fsp3) is 0.615. The molecule has 0 amide bonds. The van der Waals surface area contributed by atoms with Crippen molar-refractivity contribution in [1.82, 2.24) is 19.5 Å². The molecule has 0 radical (unpaired) electrons. The van der Waals surface area contributed by atoms with Crippen LogP contribution < -0.4 is 5.73 Å². The third-order valence-electron chi connectivity index (χ3n) is 4.29. The first kappa shape index (κ1) is 28.9. The zero-order valence-electron chi connectivity index (χ0n) is 18.0. The van der Waals surface area contributed by atoms with Gasteiger partial charge in [0.15, 0.2) is 11.5 Å². The third-order valence-corrected chi connectivity index (χ3v) is 10.1. The van der Waals surface area contributed by atoms with Crippen LogP contribution >= 0.6 is 45.1 Å². The summed E-state index contributed by atoms with van der Waals surface area (Å²) in [5.74, 6) is 0.161. The first-order valence-corrected chi connectivity index (χ1v) is 16.6. The van der Waals surface area contributed by atoms with Gasteiger partial charge in [0.05, 0.1) is 19.0 Å². The molecule has 22 heteroatoms. The van der Waals surface area contributed by atoms with Crippen LogP contribution in [0.4, 0.5) is 5.82 Å². The smallest absolute Gasteiger partial charge is 0.382 e. The van der Waals surface area contributed by atoms with Crippen LogP contribution in [0.5, 0.6) is 0 Å². The van der Waals surface area contributed by atoms with Crippen LogP contribution in [0.15, 0.2) is 12.7 Å². The number of rotatable bonds is 12. The molecule has 2 aromatic rings. The minimum Gasteiger partial charge on any atom is -0.382 e. The van der Waals surface area contributed by atoms with Crippen LogP contribution in [-0.2, 0) is 36.3 Å². The number of imidazole rings is 1. The number of aromatic nitrogens is 4. The number of hydrogen-bond donors (Lipinski definition) is 5. The molecule has 0 aliphatic carbocycles. The first-order valence-electron chi connectivity index (χ1n) is 9.41. The minimum absolute atomic E-state index is 0.161. The van der Waals surface area contributed by atoms with E-state index in [1.807, 2.05) is 6.26 Å². The number of ether oxygens (including phenoxy) is 2. The summed E-state index contributed by atoms with van der Waals surface area (Å²) < 4.78 is 60.1. The van der Waals surface area contributed by atoms with E-state index in [0.717, 1.165) is 0 Å². The van der Waals surface area contributed by atoms with E-state index in [4.69, 9.17) is 29.5 Å². The summed E-state index contributed by atoms with van der Waals surface area (Å²) in [5, 5.41) is 0. The Bertz CT molecular complexity index is 1180. The van der Waals surface area contributed by atoms with Crippen molar-refractivity contribution in [3.63, 3.8) is 0 Å². The Balaban J connectivity index is 1.75. The Morgan fingerprint density at radius 3 is 2.57 bits per heavy atom. The average molecular weight is 597 g/mol. The lowest BCUT2D eigenvalue weighted by atomic mass is 10.2. The van der Waals surface area contributed by atoms with Gasteiger partial charge in [-0.05, 0) is 13.2 Å². The molecular weight excluding hydrogens is 575 g/mol. The molecule has 0 saturated carbocycles. The van der Waals surface area contributed by atoms with Gasteiger partial charge in [-0.3, -0.25) is 9.09 Å². The lowest BCUT2D eigenvalue weighted by Crippen LogP contribution is -2.30. The van der Waals surface area contributed by atoms with Crippen molar-refractivity contribution < 1.29 is 55.9 Å². The van der Waals surface area contributed by atoms with Crippen molar-refractivity contribution in [3.8, 4) is 0 Å². The fourth-order valence-corrected chi connectivity index (χ4v) is 7.56. The summed E-state index contributed by atoms with van der Waals surface area (Å²) in [6.07, 6.45) is 2.40. The van der Waals surface area contributed by atoms with Crippen molar-refractivity contribution >= 4 is 62.0 Å². The van der Waals surface area contributed by atoms with Crippen LogP contribution in [-0.4, -0.2) is 69.6 Å². The van der Waals surface area contributed by atoms with Crippen LogP contribution in [0.25, 0.3) is 11.2 Å². The molecule has 1 aliphatic rings. The zero-order valence-corrected chi connectivity index (χ0v) is 22.3. The quantitative estimate of drug-likeness (QED) is 0.133. The van der Waals surface area contributed by atoms with Gasteiger partial charge >= 0.3 is 23.5 Å². The monoisotopic (exact) mass is 597 g/mol. The van der Waals surface area contributed by atoms with Gasteiger partial charge in [0, 0.05) is 6.42 Å². The topological polar surface area (TPSA) is 248 Å². The van der Waals surface area contributed by atoms with E-state index < -0.39 is 48.5 Å². The van der Waals surface area contributed by atoms with Crippen LogP contribution in [0.2, 0.25) is 0 Å². The number of nitrogens with zero attached hydrogens (tertiary/aromatic N) is 4. The summed E-state index contributed by atoms with van der Waals surface area (Å²) in [6.45, 7) is 1.12. The van der Waals surface area contributed by atoms with E-state index in [1.54, 1.807) is 11.5 Å². The summed E-state index contributed by atoms with van der Waals surface area (Å²) in [6, 6.07) is 0. The molecule has 1 aliphatic heterocycles. The summed E-state index contributed by atoms with van der Waals surface area (Å²) in [4.78, 5) is 48.5. The molecule has 2 aromatic heterocycles. The second-order valence-corrected chi connectivity index (χ2v) is 14.0. The number of phosphoric acid groups is 3. The lowest BCUT2D eigenvalue weighted by molar-refractivity contribution is -0.0617. The standard InChI is InChI=1S/C13H22N5O12P3S2/c1-7(35-34-2)27-8-3-10(18-6-17-11-12(14)15-5-16-13(11)18)28-9(8)4-26-32(22,23)30-33(24,25)29-31(19,20)21/h5-10H,3-4H2,1-2H3,(H,22,23)(H,24,25)(H2,14,15,16)(H2,19,20,21)/t7-,8-,9?,10-/m1/s1. The Morgan fingerprint density at radius 2 is 1.91 bits per heavy atom. The highest BCUT2D eigenvalue weighted by Crippen LogP contribution is 2.66. The SMILES string of the molecule is CSS[C@H](C)O[C@@H]1C[C@H](n2cnc3c(N)ncnc32)OC1COP(=O)(O)OP(=O)(O)OP(=O)(O)O. The highest BCUT2D eigenvalue weighted by atomic mass is 33.1. The maximum Gasteiger partial charge on any atom is 0.490 e. The summed E-state index contributed by atoms with van der Waals surface area (Å²) in [7, 11) is -13.6. The van der Waals surface area contributed by atoms with E-state index in [0.29, 0.717) is 11.2 Å². The van der Waals surface area contributed by atoms with E-state index in [1.165, 1.54) is 34.2 Å². The number of phosphoric ester groups is 1. The van der Waals surface area contributed by atoms with Gasteiger partial charge < -0.3 is 34.8 Å². The van der Waals surface area contributed by atoms with Crippen molar-refractivity contribution in [2.75, 3.05) is 18.6 Å². The van der Waals surface area contributed by atoms with Crippen molar-refractivity contribution in [1.29, 1.82) is 0 Å². The molecule has 17 nitrogen and oxygen atoms in total. The Kier molecular flexibility index (Phi) is 9.44. The highest BCUT2D eigenvalue weighted by Gasteiger charge is 2.44. The number of anilines is 1. The molecule has 1 saturated heterocycles. The van der Waals surface area contributed by atoms with Gasteiger partial charge in [0.2, 0.25) is 0 Å². The van der Waals surface area contributed by atoms with E-state index >= 15 is 0 Å². The van der Waals surface area contributed by atoms with Crippen LogP contribution in [0.1, 0.15) is 19.6 Å². The van der Waals surface area contributed by atoms with Gasteiger partial charge in [0.1, 0.15) is 29.6 Å². The zero-order chi connectivity index (χ0) is 26.0. The Morgan fingerprint density at radius 1 is 1.20 bits per heavy atom. The number of fused-ring (bicyclic) bond motifs is 1. The van der Waals surface area contributed by atoms with Gasteiger partial charge in [-0.25, -0.2) is 28.6 Å². The molecule has 35 heavy (non-hydrogen) atoms. The van der Waals surface area contributed by atoms with Crippen molar-refractivity contribution in [3.05, 3.63) is 12.7 Å². The van der Waals surface area contributed by atoms with Crippen molar-refractivity contribution in [2.45, 2.75) is 37.2 Å². The van der Waals surface area contributed by atoms with Gasteiger partial charge in [0.25, 0.3) is 0 Å². The molecule has 3 rings (SSSR count). The molecule has 3 heterocycles. The number of nitrogens with two attached hydrogens (primary N) is 1. The third kappa shape index (κ3) is 8.18. The maximum atomic E-state index is 12.1. The first-order chi connectivity index (χ1) is 16.2. The molecule has 0 spiro atoms. The normalized spacial score (nSPS) is 25.4. The van der Waals surface area contributed by atoms with Gasteiger partial charge in [-0.2, -0.15) is 8.62 Å². The number of hydrogen-bond acceptors (Lipinski definition) is 14.